The van der Waals surface area contributed by atoms with E-state index in [4.69, 9.17) is 9.97 Å². The van der Waals surface area contributed by atoms with Crippen LogP contribution in [0.25, 0.3) is 0 Å². The Bertz CT molecular complexity index is 1120. The minimum absolute atomic E-state index is 0.105. The lowest BCUT2D eigenvalue weighted by molar-refractivity contribution is 0.0972. The molecule has 7 heteroatoms. The maximum Gasteiger partial charge on any atom is 0.227 e. The molecule has 2 aliphatic rings. The maximum absolute atomic E-state index is 13.2. The van der Waals surface area contributed by atoms with Gasteiger partial charge in [-0.05, 0) is 56.2 Å². The molecule has 2 heterocycles. The van der Waals surface area contributed by atoms with Crippen LogP contribution in [-0.2, 0) is 6.42 Å². The number of halogens is 1. The number of anilines is 4. The van der Waals surface area contributed by atoms with Crippen molar-refractivity contribution in [3.63, 3.8) is 0 Å². The van der Waals surface area contributed by atoms with Gasteiger partial charge < -0.3 is 15.1 Å². The van der Waals surface area contributed by atoms with E-state index in [2.05, 4.69) is 15.1 Å². The van der Waals surface area contributed by atoms with Crippen LogP contribution < -0.4 is 15.1 Å². The first kappa shape index (κ1) is 20.4. The van der Waals surface area contributed by atoms with E-state index in [1.807, 2.05) is 43.3 Å². The monoisotopic (exact) mass is 431 g/mol. The van der Waals surface area contributed by atoms with Gasteiger partial charge in [0.2, 0.25) is 5.95 Å². The van der Waals surface area contributed by atoms with Gasteiger partial charge in [-0.25, -0.2) is 9.37 Å². The number of nitrogens with one attached hydrogen (secondary N) is 1. The minimum atomic E-state index is -0.224. The second-order valence-electron chi connectivity index (χ2n) is 8.41. The Balaban J connectivity index is 1.40. The van der Waals surface area contributed by atoms with Crippen molar-refractivity contribution in [3.05, 3.63) is 71.2 Å². The van der Waals surface area contributed by atoms with Crippen LogP contribution in [0.5, 0.6) is 0 Å². The molecule has 1 aliphatic carbocycles. The number of piperazine rings is 1. The Morgan fingerprint density at radius 1 is 0.875 bits per heavy atom. The number of carbonyl (C=O) groups is 1. The van der Waals surface area contributed by atoms with Crippen LogP contribution in [0.3, 0.4) is 0 Å². The fraction of sp³-hybridized carbons (Fsp3) is 0.320. The highest BCUT2D eigenvalue weighted by molar-refractivity contribution is 6.03. The Labute approximate surface area is 187 Å². The van der Waals surface area contributed by atoms with Crippen LogP contribution in [0.4, 0.5) is 27.5 Å². The molecule has 0 atom stereocenters. The first-order chi connectivity index (χ1) is 15.6. The minimum Gasteiger partial charge on any atom is -0.368 e. The zero-order valence-electron chi connectivity index (χ0n) is 18.1. The lowest BCUT2D eigenvalue weighted by Crippen LogP contribution is -2.47. The molecule has 0 spiro atoms. The van der Waals surface area contributed by atoms with E-state index in [1.54, 1.807) is 0 Å². The third-order valence-corrected chi connectivity index (χ3v) is 6.14. The van der Waals surface area contributed by atoms with Gasteiger partial charge in [-0.3, -0.25) is 4.79 Å². The van der Waals surface area contributed by atoms with Crippen LogP contribution in [-0.4, -0.2) is 41.9 Å². The zero-order valence-corrected chi connectivity index (χ0v) is 18.1. The summed E-state index contributed by atoms with van der Waals surface area (Å²) in [7, 11) is 0. The van der Waals surface area contributed by atoms with Gasteiger partial charge in [0.05, 0.1) is 11.3 Å². The lowest BCUT2D eigenvalue weighted by atomic mass is 9.95. The van der Waals surface area contributed by atoms with Crippen LogP contribution >= 0.6 is 0 Å². The van der Waals surface area contributed by atoms with Crippen molar-refractivity contribution >= 4 is 28.9 Å². The standard InChI is InChI=1S/C25H26FN5O/c1-17-5-9-19(10-6-17)27-24-23-21(3-2-4-22(23)32)28-25(29-24)31-15-13-30(14-16-31)20-11-7-18(26)8-12-20/h5-12H,2-4,13-16H2,1H3,(H,27,28,29). The third kappa shape index (κ3) is 4.15. The second-order valence-corrected chi connectivity index (χ2v) is 8.41. The number of benzene rings is 2. The van der Waals surface area contributed by atoms with E-state index in [-0.39, 0.29) is 11.6 Å². The maximum atomic E-state index is 13.2. The molecule has 1 fully saturated rings. The molecule has 0 amide bonds. The molecular weight excluding hydrogens is 405 g/mol. The average molecular weight is 432 g/mol. The number of rotatable bonds is 4. The van der Waals surface area contributed by atoms with Crippen molar-refractivity contribution in [1.29, 1.82) is 0 Å². The van der Waals surface area contributed by atoms with Crippen molar-refractivity contribution in [2.45, 2.75) is 26.2 Å². The summed E-state index contributed by atoms with van der Waals surface area (Å²) in [6.45, 7) is 5.16. The van der Waals surface area contributed by atoms with Crippen molar-refractivity contribution in [1.82, 2.24) is 9.97 Å². The van der Waals surface area contributed by atoms with Gasteiger partial charge in [-0.2, -0.15) is 4.98 Å². The number of aryl methyl sites for hydroxylation is 2. The highest BCUT2D eigenvalue weighted by Gasteiger charge is 2.27. The van der Waals surface area contributed by atoms with Crippen molar-refractivity contribution in [2.24, 2.45) is 0 Å². The van der Waals surface area contributed by atoms with Crippen molar-refractivity contribution < 1.29 is 9.18 Å². The second kappa shape index (κ2) is 8.57. The zero-order chi connectivity index (χ0) is 22.1. The number of hydrogen-bond acceptors (Lipinski definition) is 6. The Morgan fingerprint density at radius 3 is 2.28 bits per heavy atom. The number of carbonyl (C=O) groups excluding carboxylic acids is 1. The number of nitrogens with zero attached hydrogens (tertiary/aromatic N) is 4. The molecule has 0 radical (unpaired) electrons. The van der Waals surface area contributed by atoms with Crippen molar-refractivity contribution in [2.75, 3.05) is 41.3 Å². The van der Waals surface area contributed by atoms with Crippen LogP contribution in [0, 0.1) is 12.7 Å². The Kier molecular flexibility index (Phi) is 5.47. The highest BCUT2D eigenvalue weighted by Crippen LogP contribution is 2.30. The number of fused-ring (bicyclic) bond motifs is 1. The molecule has 0 unspecified atom stereocenters. The number of hydrogen-bond donors (Lipinski definition) is 1. The molecule has 1 aromatic heterocycles. The molecular formula is C25H26FN5O. The van der Waals surface area contributed by atoms with Gasteiger partial charge >= 0.3 is 0 Å². The van der Waals surface area contributed by atoms with Gasteiger partial charge in [-0.1, -0.05) is 17.7 Å². The average Bonchev–Trinajstić information content (AvgIpc) is 2.81. The smallest absolute Gasteiger partial charge is 0.227 e. The fourth-order valence-corrected chi connectivity index (χ4v) is 4.33. The topological polar surface area (TPSA) is 61.4 Å². The largest absolute Gasteiger partial charge is 0.368 e. The molecule has 0 saturated carbocycles. The number of Topliss-reactive ketones (excluding diaryl/α,β-unsaturated/α-hetero) is 1. The molecule has 3 aromatic rings. The third-order valence-electron chi connectivity index (χ3n) is 6.14. The summed E-state index contributed by atoms with van der Waals surface area (Å²) in [4.78, 5) is 26.7. The van der Waals surface area contributed by atoms with E-state index in [0.717, 1.165) is 56.1 Å². The Hall–Kier alpha value is -3.48. The van der Waals surface area contributed by atoms with Gasteiger partial charge in [0.15, 0.2) is 5.78 Å². The lowest BCUT2D eigenvalue weighted by Gasteiger charge is -2.36. The molecule has 164 valence electrons. The van der Waals surface area contributed by atoms with E-state index in [1.165, 1.54) is 17.7 Å². The van der Waals surface area contributed by atoms with Crippen LogP contribution in [0.2, 0.25) is 0 Å². The van der Waals surface area contributed by atoms with E-state index in [9.17, 15) is 9.18 Å². The van der Waals surface area contributed by atoms with Gasteiger partial charge in [0.1, 0.15) is 11.6 Å². The molecule has 5 rings (SSSR count). The number of ketones is 1. The quantitative estimate of drug-likeness (QED) is 0.656. The van der Waals surface area contributed by atoms with Crippen LogP contribution in [0.1, 0.15) is 34.5 Å². The van der Waals surface area contributed by atoms with Gasteiger partial charge in [0.25, 0.3) is 0 Å². The van der Waals surface area contributed by atoms with E-state index in [0.29, 0.717) is 23.8 Å². The normalized spacial score (nSPS) is 16.1. The highest BCUT2D eigenvalue weighted by atomic mass is 19.1. The molecule has 2 aromatic carbocycles. The Morgan fingerprint density at radius 2 is 1.56 bits per heavy atom. The fourth-order valence-electron chi connectivity index (χ4n) is 4.33. The molecule has 32 heavy (non-hydrogen) atoms. The van der Waals surface area contributed by atoms with Crippen molar-refractivity contribution in [3.8, 4) is 0 Å². The SMILES string of the molecule is Cc1ccc(Nc2nc(N3CCN(c4ccc(F)cc4)CC3)nc3c2C(=O)CCC3)cc1. The van der Waals surface area contributed by atoms with E-state index < -0.39 is 0 Å². The molecule has 0 bridgehead atoms. The summed E-state index contributed by atoms with van der Waals surface area (Å²) in [6, 6.07) is 14.7. The first-order valence-electron chi connectivity index (χ1n) is 11.1. The van der Waals surface area contributed by atoms with Crippen LogP contribution in [0.15, 0.2) is 48.5 Å². The number of aromatic nitrogens is 2. The van der Waals surface area contributed by atoms with Gasteiger partial charge in [-0.15, -0.1) is 0 Å². The summed E-state index contributed by atoms with van der Waals surface area (Å²) >= 11 is 0. The molecule has 1 saturated heterocycles. The summed E-state index contributed by atoms with van der Waals surface area (Å²) < 4.78 is 13.2. The van der Waals surface area contributed by atoms with Gasteiger partial charge in [0, 0.05) is 44.0 Å². The molecule has 1 N–H and O–H groups in total. The summed E-state index contributed by atoms with van der Waals surface area (Å²) in [5.74, 6) is 1.14. The molecule has 6 nitrogen and oxygen atoms in total. The summed E-state index contributed by atoms with van der Waals surface area (Å²) in [6.07, 6.45) is 2.15. The van der Waals surface area contributed by atoms with E-state index >= 15 is 0 Å². The summed E-state index contributed by atoms with van der Waals surface area (Å²) in [5, 5.41) is 3.36. The first-order valence-corrected chi connectivity index (χ1v) is 11.1. The predicted molar refractivity (Wildman–Crippen MR) is 125 cm³/mol. The summed E-state index contributed by atoms with van der Waals surface area (Å²) in [5.41, 5.74) is 4.56. The molecule has 1 aliphatic heterocycles. The predicted octanol–water partition coefficient (Wildman–Crippen LogP) is 4.51.